The van der Waals surface area contributed by atoms with E-state index in [0.717, 1.165) is 27.8 Å². The fraction of sp³-hybridized carbons (Fsp3) is 0.388. The normalized spacial score (nSPS) is 31.1. The number of hydrogen-bond donors (Lipinski definition) is 2. The summed E-state index contributed by atoms with van der Waals surface area (Å²) < 4.78 is 13.9. The van der Waals surface area contributed by atoms with Gasteiger partial charge in [0.1, 0.15) is 16.8 Å². The van der Waals surface area contributed by atoms with E-state index in [4.69, 9.17) is 9.47 Å². The number of benzene rings is 4. The Morgan fingerprint density at radius 1 is 0.818 bits per heavy atom. The van der Waals surface area contributed by atoms with Crippen LogP contribution in [0.3, 0.4) is 0 Å². The minimum absolute atomic E-state index is 0.0123. The molecule has 0 aromatic heterocycles. The largest absolute Gasteiger partial charge is 0.458 e. The number of ketones is 1. The predicted molar refractivity (Wildman–Crippen MR) is 213 cm³/mol. The molecule has 0 heterocycles. The number of carbonyl (C=O) groups is 2. The molecule has 4 aromatic rings. The first-order valence-corrected chi connectivity index (χ1v) is 19.7. The molecule has 6 heteroatoms. The van der Waals surface area contributed by atoms with E-state index in [0.29, 0.717) is 18.4 Å². The van der Waals surface area contributed by atoms with Crippen LogP contribution in [0.2, 0.25) is 0 Å². The highest BCUT2D eigenvalue weighted by molar-refractivity contribution is 6.04. The molecule has 4 aliphatic rings. The van der Waals surface area contributed by atoms with E-state index < -0.39 is 45.6 Å². The summed E-state index contributed by atoms with van der Waals surface area (Å²) in [6.07, 6.45) is 4.87. The van der Waals surface area contributed by atoms with Crippen molar-refractivity contribution in [3.63, 3.8) is 0 Å². The van der Waals surface area contributed by atoms with Gasteiger partial charge in [-0.2, -0.15) is 0 Å². The molecule has 0 spiro atoms. The fourth-order valence-corrected chi connectivity index (χ4v) is 10.9. The summed E-state index contributed by atoms with van der Waals surface area (Å²) in [4.78, 5) is 28.0. The molecule has 0 saturated heterocycles. The van der Waals surface area contributed by atoms with Gasteiger partial charge in [-0.3, -0.25) is 9.59 Å². The van der Waals surface area contributed by atoms with Crippen LogP contribution in [0.5, 0.6) is 0 Å². The zero-order chi connectivity index (χ0) is 38.8. The molecule has 0 radical (unpaired) electrons. The average Bonchev–Trinajstić information content (AvgIpc) is 3.60. The number of Topliss-reactive ketones (excluding diaryl/α,β-unsaturated/α-hetero) is 1. The van der Waals surface area contributed by atoms with Crippen LogP contribution in [0.25, 0.3) is 0 Å². The number of hydrogen-bond acceptors (Lipinski definition) is 6. The van der Waals surface area contributed by atoms with E-state index in [-0.39, 0.29) is 36.6 Å². The summed E-state index contributed by atoms with van der Waals surface area (Å²) in [5, 5.41) is 25.8. The Bertz CT molecular complexity index is 2030. The maximum Gasteiger partial charge on any atom is 0.309 e. The van der Waals surface area contributed by atoms with Crippen molar-refractivity contribution in [1.29, 1.82) is 0 Å². The van der Waals surface area contributed by atoms with E-state index >= 15 is 0 Å². The minimum atomic E-state index is -1.86. The first kappa shape index (κ1) is 37.3. The molecule has 0 aliphatic heterocycles. The maximum atomic E-state index is 14.0. The Kier molecular flexibility index (Phi) is 9.19. The van der Waals surface area contributed by atoms with E-state index in [1.54, 1.807) is 13.0 Å². The van der Waals surface area contributed by atoms with Crippen LogP contribution in [0, 0.1) is 35.0 Å². The molecule has 2 saturated carbocycles. The molecule has 284 valence electrons. The van der Waals surface area contributed by atoms with E-state index in [9.17, 15) is 19.8 Å². The third kappa shape index (κ3) is 5.71. The Labute approximate surface area is 324 Å². The van der Waals surface area contributed by atoms with Crippen molar-refractivity contribution < 1.29 is 29.3 Å². The number of aliphatic hydroxyl groups is 2. The van der Waals surface area contributed by atoms with Gasteiger partial charge in [-0.1, -0.05) is 161 Å². The number of esters is 1. The highest BCUT2D eigenvalue weighted by Gasteiger charge is 2.83. The number of fused-ring (bicyclic) bond motifs is 5. The van der Waals surface area contributed by atoms with Crippen molar-refractivity contribution >= 4 is 11.8 Å². The maximum absolute atomic E-state index is 14.0. The quantitative estimate of drug-likeness (QED) is 0.0966. The van der Waals surface area contributed by atoms with Crippen LogP contribution in [0.4, 0.5) is 0 Å². The molecule has 2 fully saturated rings. The van der Waals surface area contributed by atoms with Crippen molar-refractivity contribution in [3.8, 4) is 0 Å². The van der Waals surface area contributed by atoms with Crippen LogP contribution in [0.15, 0.2) is 145 Å². The molecule has 8 atom stereocenters. The molecular weight excluding hydrogens is 685 g/mol. The predicted octanol–water partition coefficient (Wildman–Crippen LogP) is 8.41. The lowest BCUT2D eigenvalue weighted by Crippen LogP contribution is -2.61. The molecule has 4 aliphatic carbocycles. The van der Waals surface area contributed by atoms with Crippen molar-refractivity contribution in [1.82, 2.24) is 0 Å². The molecule has 0 bridgehead atoms. The van der Waals surface area contributed by atoms with Gasteiger partial charge in [-0.15, -0.1) is 0 Å². The molecule has 2 N–H and O–H groups in total. The molecule has 0 amide bonds. The van der Waals surface area contributed by atoms with Gasteiger partial charge in [0.05, 0.1) is 18.1 Å². The number of ether oxygens (including phenoxy) is 2. The van der Waals surface area contributed by atoms with Crippen LogP contribution in [-0.2, 0) is 31.1 Å². The summed E-state index contributed by atoms with van der Waals surface area (Å²) >= 11 is 0. The minimum Gasteiger partial charge on any atom is -0.458 e. The Morgan fingerprint density at radius 3 is 1.85 bits per heavy atom. The summed E-state index contributed by atoms with van der Waals surface area (Å²) in [7, 11) is 0. The van der Waals surface area contributed by atoms with Gasteiger partial charge >= 0.3 is 5.97 Å². The zero-order valence-corrected chi connectivity index (χ0v) is 32.4. The standard InChI is InChI=1S/C49H52O6/c1-32-27-41-46(52,43(32)50)30-36(31-54-49(37-20-12-7-13-21-37,38-22-14-8-15-23-38)39-24-16-9-17-25-39)28-40-42-45(4,5)47(42,29-34(3)48(40,41)53)55-44(51)33(2)26-35-18-10-6-11-19-35/h6-25,27-28,33-34,40-42,52-53H,26,29-31H2,1-5H3/t33-,34-,40+,41-,42-,46-,47+,48-/m1/s1. The Hall–Kier alpha value is -4.62. The van der Waals surface area contributed by atoms with Crippen LogP contribution in [0.1, 0.15) is 69.7 Å². The second-order valence-electron chi connectivity index (χ2n) is 17.3. The molecule has 4 aromatic carbocycles. The fourth-order valence-electron chi connectivity index (χ4n) is 10.9. The molecule has 8 rings (SSSR count). The second kappa shape index (κ2) is 13.5. The smallest absolute Gasteiger partial charge is 0.309 e. The molecular formula is C49H52O6. The molecule has 6 nitrogen and oxygen atoms in total. The van der Waals surface area contributed by atoms with E-state index in [1.807, 2.05) is 98.8 Å². The van der Waals surface area contributed by atoms with Crippen molar-refractivity contribution in [2.24, 2.45) is 35.0 Å². The van der Waals surface area contributed by atoms with Crippen LogP contribution < -0.4 is 0 Å². The Balaban J connectivity index is 1.21. The van der Waals surface area contributed by atoms with Gasteiger partial charge in [-0.25, -0.2) is 0 Å². The van der Waals surface area contributed by atoms with Gasteiger partial charge in [0, 0.05) is 29.6 Å². The lowest BCUT2D eigenvalue weighted by molar-refractivity contribution is -0.188. The van der Waals surface area contributed by atoms with Gasteiger partial charge < -0.3 is 19.7 Å². The van der Waals surface area contributed by atoms with Crippen molar-refractivity contribution in [2.45, 2.75) is 76.3 Å². The zero-order valence-electron chi connectivity index (χ0n) is 32.4. The van der Waals surface area contributed by atoms with Gasteiger partial charge in [-0.05, 0) is 59.1 Å². The lowest BCUT2D eigenvalue weighted by atomic mass is 9.60. The topological polar surface area (TPSA) is 93.1 Å². The number of carbonyl (C=O) groups excluding carboxylic acids is 2. The van der Waals surface area contributed by atoms with E-state index in [2.05, 4.69) is 56.3 Å². The summed E-state index contributed by atoms with van der Waals surface area (Å²) in [6.45, 7) is 9.95. The summed E-state index contributed by atoms with van der Waals surface area (Å²) in [5.74, 6) is -3.01. The van der Waals surface area contributed by atoms with Gasteiger partial charge in [0.15, 0.2) is 5.78 Å². The third-order valence-corrected chi connectivity index (χ3v) is 13.8. The van der Waals surface area contributed by atoms with Crippen LogP contribution >= 0.6 is 0 Å². The third-order valence-electron chi connectivity index (χ3n) is 13.8. The van der Waals surface area contributed by atoms with Crippen molar-refractivity contribution in [2.75, 3.05) is 6.61 Å². The van der Waals surface area contributed by atoms with Crippen LogP contribution in [-0.4, -0.2) is 45.4 Å². The highest BCUT2D eigenvalue weighted by Crippen LogP contribution is 2.76. The molecule has 55 heavy (non-hydrogen) atoms. The number of rotatable bonds is 10. The van der Waals surface area contributed by atoms with Crippen molar-refractivity contribution in [3.05, 3.63) is 167 Å². The lowest BCUT2D eigenvalue weighted by Gasteiger charge is -2.50. The highest BCUT2D eigenvalue weighted by atomic mass is 16.6. The first-order valence-electron chi connectivity index (χ1n) is 19.7. The Morgan fingerprint density at radius 2 is 1.33 bits per heavy atom. The first-order chi connectivity index (χ1) is 26.3. The summed E-state index contributed by atoms with van der Waals surface area (Å²) in [6, 6.07) is 40.3. The van der Waals surface area contributed by atoms with E-state index in [1.165, 1.54) is 0 Å². The van der Waals surface area contributed by atoms with Gasteiger partial charge in [0.25, 0.3) is 0 Å². The van der Waals surface area contributed by atoms with Gasteiger partial charge in [0.2, 0.25) is 0 Å². The summed E-state index contributed by atoms with van der Waals surface area (Å²) in [5.41, 5.74) is -0.598. The SMILES string of the molecule is CC1=C[C@H]2[C@@]3(O)[C@H](C)C[C@]4(OC(=O)[C@H](C)Cc5ccccc5)[C@H]([C@@H]3C=C(COC(c3ccccc3)(c3ccccc3)c3ccccc3)C[C@]2(O)C1=O)C4(C)C. The molecule has 0 unspecified atom stereocenters. The monoisotopic (exact) mass is 736 g/mol. The average molecular weight is 737 g/mol. The second-order valence-corrected chi connectivity index (χ2v) is 17.3.